The van der Waals surface area contributed by atoms with Crippen LogP contribution in [0.25, 0.3) is 0 Å². The zero-order valence-corrected chi connectivity index (χ0v) is 42.5. The first-order chi connectivity index (χ1) is 31.2. The molecule has 0 heterocycles. The standard InChI is InChI=1S/C42H81O20P3S/c1-3-5-6-7-8-9-10-11-12-16-19-22-25-29-35(44)59-33(31-57-34(43)28-24-21-18-15-13-14-17-20-23-26-30-66-36(45)27-4-2)32-58-65(55,56)62-42-38(47)40(60-63(49,50)51)37(46)41(39(42)48)61-64(52,53)54/h33,37-42,46-48H,3-32H2,1-2H3,(H,55,56)(H2,49,50,51)(H2,52,53,54)/t33-,37?,38-,39?,40-,41+,42?/m1/s1. The van der Waals surface area contributed by atoms with E-state index in [-0.39, 0.29) is 18.0 Å². The topological polar surface area (TPSA) is 320 Å². The summed E-state index contributed by atoms with van der Waals surface area (Å²) >= 11 is 1.42. The van der Waals surface area contributed by atoms with Gasteiger partial charge in [-0.25, -0.2) is 13.7 Å². The molecule has 0 amide bonds. The summed E-state index contributed by atoms with van der Waals surface area (Å²) in [6, 6.07) is 0. The van der Waals surface area contributed by atoms with Crippen LogP contribution in [0.4, 0.5) is 0 Å². The van der Waals surface area contributed by atoms with E-state index in [1.807, 2.05) is 6.92 Å². The zero-order chi connectivity index (χ0) is 49.4. The first-order valence-electron chi connectivity index (χ1n) is 23.9. The molecule has 0 bridgehead atoms. The van der Waals surface area contributed by atoms with Crippen LogP contribution in [-0.2, 0) is 55.6 Å². The molecule has 66 heavy (non-hydrogen) atoms. The summed E-state index contributed by atoms with van der Waals surface area (Å²) in [6.45, 7) is 2.67. The van der Waals surface area contributed by atoms with Crippen LogP contribution in [0.5, 0.6) is 0 Å². The van der Waals surface area contributed by atoms with Crippen molar-refractivity contribution in [1.29, 1.82) is 0 Å². The quantitative estimate of drug-likeness (QED) is 0.0164. The molecule has 1 aliphatic carbocycles. The molecular weight excluding hydrogens is 949 g/mol. The van der Waals surface area contributed by atoms with E-state index in [0.29, 0.717) is 19.3 Å². The predicted octanol–water partition coefficient (Wildman–Crippen LogP) is 7.83. The third-order valence-corrected chi connectivity index (χ3v) is 14.0. The lowest BCUT2D eigenvalue weighted by molar-refractivity contribution is -0.213. The number of carbonyl (C=O) groups is 3. The highest BCUT2D eigenvalue weighted by Crippen LogP contribution is 2.51. The van der Waals surface area contributed by atoms with Crippen molar-refractivity contribution in [3.8, 4) is 0 Å². The monoisotopic (exact) mass is 1030 g/mol. The summed E-state index contributed by atoms with van der Waals surface area (Å²) in [5, 5.41) is 32.1. The Hall–Kier alpha value is -0.830. The lowest BCUT2D eigenvalue weighted by atomic mass is 9.85. The van der Waals surface area contributed by atoms with E-state index >= 15 is 0 Å². The summed E-state index contributed by atoms with van der Waals surface area (Å²) in [6.07, 6.45) is 9.16. The summed E-state index contributed by atoms with van der Waals surface area (Å²) in [5.74, 6) is -0.458. The van der Waals surface area contributed by atoms with Crippen molar-refractivity contribution >= 4 is 52.3 Å². The molecule has 20 nitrogen and oxygen atoms in total. The van der Waals surface area contributed by atoms with Gasteiger partial charge in [-0.05, 0) is 25.7 Å². The van der Waals surface area contributed by atoms with E-state index in [9.17, 15) is 67.9 Å². The van der Waals surface area contributed by atoms with Crippen LogP contribution >= 0.6 is 35.2 Å². The number of aliphatic hydroxyl groups is 3. The Morgan fingerprint density at radius 2 is 0.864 bits per heavy atom. The molecule has 8 atom stereocenters. The van der Waals surface area contributed by atoms with Gasteiger partial charge in [0.05, 0.1) is 6.61 Å². The lowest BCUT2D eigenvalue weighted by Gasteiger charge is -2.44. The molecule has 1 saturated carbocycles. The molecule has 0 spiro atoms. The number of phosphoric acid groups is 3. The van der Waals surface area contributed by atoms with Gasteiger partial charge in [0.1, 0.15) is 43.2 Å². The second kappa shape index (κ2) is 36.1. The number of unbranched alkanes of at least 4 members (excludes halogenated alkanes) is 21. The number of carbonyl (C=O) groups excluding carboxylic acids is 3. The molecule has 0 aromatic carbocycles. The Balaban J connectivity index is 2.72. The number of thioether (sulfide) groups is 1. The van der Waals surface area contributed by atoms with Crippen molar-refractivity contribution in [3.63, 3.8) is 0 Å². The molecule has 0 aromatic rings. The fourth-order valence-electron chi connectivity index (χ4n) is 7.37. The summed E-state index contributed by atoms with van der Waals surface area (Å²) in [7, 11) is -16.6. The number of hydrogen-bond donors (Lipinski definition) is 8. The average Bonchev–Trinajstić information content (AvgIpc) is 3.23. The molecule has 0 radical (unpaired) electrons. The van der Waals surface area contributed by atoms with Gasteiger partial charge in [0.25, 0.3) is 0 Å². The molecule has 8 N–H and O–H groups in total. The minimum Gasteiger partial charge on any atom is -0.462 e. The van der Waals surface area contributed by atoms with Gasteiger partial charge in [-0.3, -0.25) is 32.5 Å². The Bertz CT molecular complexity index is 1430. The van der Waals surface area contributed by atoms with E-state index < -0.39 is 91.3 Å². The Kier molecular flexibility index (Phi) is 34.6. The molecule has 24 heteroatoms. The molecular formula is C42H81O20P3S. The van der Waals surface area contributed by atoms with Crippen molar-refractivity contribution in [2.75, 3.05) is 19.0 Å². The second-order valence-corrected chi connectivity index (χ2v) is 21.9. The minimum absolute atomic E-state index is 0.0132. The van der Waals surface area contributed by atoms with E-state index in [1.165, 1.54) is 56.7 Å². The van der Waals surface area contributed by atoms with Gasteiger partial charge in [-0.1, -0.05) is 154 Å². The fourth-order valence-corrected chi connectivity index (χ4v) is 10.4. The SMILES string of the molecule is CCCCCCCCCCCCCCCC(=O)O[C@H](COC(=O)CCCCCCCCCCCCSC(=O)CCC)COP(=O)(O)OC1C(O)[C@@H](OP(=O)(O)O)C(O)[C@@H](OP(=O)(O)O)[C@H]1O. The van der Waals surface area contributed by atoms with Gasteiger partial charge in [0, 0.05) is 25.0 Å². The van der Waals surface area contributed by atoms with Crippen molar-refractivity contribution in [3.05, 3.63) is 0 Å². The van der Waals surface area contributed by atoms with E-state index in [4.69, 9.17) is 18.5 Å². The average molecular weight is 1030 g/mol. The third-order valence-electron chi connectivity index (χ3n) is 10.9. The number of esters is 2. The van der Waals surface area contributed by atoms with Gasteiger partial charge in [0.15, 0.2) is 11.2 Å². The largest absolute Gasteiger partial charge is 0.472 e. The zero-order valence-electron chi connectivity index (χ0n) is 39.0. The Morgan fingerprint density at radius 1 is 0.485 bits per heavy atom. The summed E-state index contributed by atoms with van der Waals surface area (Å²) in [4.78, 5) is 84.8. The van der Waals surface area contributed by atoms with Gasteiger partial charge in [-0.2, -0.15) is 0 Å². The molecule has 0 aromatic heterocycles. The number of rotatable bonds is 41. The maximum atomic E-state index is 13.1. The first kappa shape index (κ1) is 63.2. The van der Waals surface area contributed by atoms with Gasteiger partial charge in [0.2, 0.25) is 0 Å². The van der Waals surface area contributed by atoms with Crippen LogP contribution in [0.3, 0.4) is 0 Å². The van der Waals surface area contributed by atoms with Crippen LogP contribution in [0.15, 0.2) is 0 Å². The third kappa shape index (κ3) is 32.1. The highest BCUT2D eigenvalue weighted by molar-refractivity contribution is 8.13. The van der Waals surface area contributed by atoms with Crippen molar-refractivity contribution in [2.45, 2.75) is 230 Å². The van der Waals surface area contributed by atoms with E-state index in [2.05, 4.69) is 16.0 Å². The van der Waals surface area contributed by atoms with Crippen LogP contribution < -0.4 is 0 Å². The van der Waals surface area contributed by atoms with E-state index in [0.717, 1.165) is 102 Å². The Morgan fingerprint density at radius 3 is 1.27 bits per heavy atom. The fraction of sp³-hybridized carbons (Fsp3) is 0.929. The summed E-state index contributed by atoms with van der Waals surface area (Å²) < 4.78 is 65.5. The van der Waals surface area contributed by atoms with Gasteiger partial charge in [-0.15, -0.1) is 0 Å². The normalized spacial score (nSPS) is 21.6. The maximum absolute atomic E-state index is 13.1. The Labute approximate surface area is 395 Å². The van der Waals surface area contributed by atoms with Crippen molar-refractivity contribution < 1.29 is 95.4 Å². The highest BCUT2D eigenvalue weighted by Gasteiger charge is 2.56. The molecule has 4 unspecified atom stereocenters. The molecule has 1 aliphatic rings. The predicted molar refractivity (Wildman–Crippen MR) is 247 cm³/mol. The molecule has 0 aliphatic heterocycles. The minimum atomic E-state index is -5.55. The molecule has 1 rings (SSSR count). The first-order valence-corrected chi connectivity index (χ1v) is 29.4. The lowest BCUT2D eigenvalue weighted by Crippen LogP contribution is -2.65. The van der Waals surface area contributed by atoms with Crippen LogP contribution in [0.1, 0.15) is 187 Å². The van der Waals surface area contributed by atoms with E-state index in [1.54, 1.807) is 0 Å². The smallest absolute Gasteiger partial charge is 0.462 e. The molecule has 1 fully saturated rings. The van der Waals surface area contributed by atoms with Gasteiger partial charge < -0.3 is 49.3 Å². The number of aliphatic hydroxyl groups excluding tert-OH is 3. The number of phosphoric ester groups is 3. The van der Waals surface area contributed by atoms with Crippen LogP contribution in [0.2, 0.25) is 0 Å². The van der Waals surface area contributed by atoms with Gasteiger partial charge >= 0.3 is 35.4 Å². The summed E-state index contributed by atoms with van der Waals surface area (Å²) in [5.41, 5.74) is 0. The molecule has 0 saturated heterocycles. The second-order valence-electron chi connectivity index (χ2n) is 17.0. The molecule has 390 valence electrons. The van der Waals surface area contributed by atoms with Crippen molar-refractivity contribution in [2.24, 2.45) is 0 Å². The van der Waals surface area contributed by atoms with Crippen LogP contribution in [0, 0.1) is 0 Å². The number of hydrogen-bond acceptors (Lipinski definition) is 16. The number of ether oxygens (including phenoxy) is 2. The van der Waals surface area contributed by atoms with Crippen LogP contribution in [-0.4, -0.2) is 119 Å². The van der Waals surface area contributed by atoms with Crippen molar-refractivity contribution in [1.82, 2.24) is 0 Å². The highest BCUT2D eigenvalue weighted by atomic mass is 32.2. The maximum Gasteiger partial charge on any atom is 0.472 e.